The molecule has 8 heteroatoms. The number of carbonyl (C=O) groups excluding carboxylic acids is 3. The number of amides is 3. The van der Waals surface area contributed by atoms with E-state index in [-0.39, 0.29) is 6.04 Å². The summed E-state index contributed by atoms with van der Waals surface area (Å²) in [6.45, 7) is 4.38. The lowest BCUT2D eigenvalue weighted by atomic mass is 9.86. The summed E-state index contributed by atoms with van der Waals surface area (Å²) < 4.78 is 5.01. The van der Waals surface area contributed by atoms with Crippen LogP contribution in [0.3, 0.4) is 0 Å². The first kappa shape index (κ1) is 20.8. The van der Waals surface area contributed by atoms with Gasteiger partial charge in [0, 0.05) is 24.7 Å². The number of hydrogen-bond donors (Lipinski definition) is 2. The van der Waals surface area contributed by atoms with E-state index in [0.29, 0.717) is 11.5 Å². The highest BCUT2D eigenvalue weighted by atomic mass is 16.5. The molecule has 0 bridgehead atoms. The third kappa shape index (κ3) is 5.79. The molecule has 2 aliphatic rings. The summed E-state index contributed by atoms with van der Waals surface area (Å²) >= 11 is 0. The second-order valence-electron chi connectivity index (χ2n) is 7.72. The first-order valence-corrected chi connectivity index (χ1v) is 10.1. The fourth-order valence-electron chi connectivity index (χ4n) is 3.64. The van der Waals surface area contributed by atoms with Gasteiger partial charge in [-0.15, -0.1) is 0 Å². The summed E-state index contributed by atoms with van der Waals surface area (Å²) in [5, 5.41) is 11.3. The van der Waals surface area contributed by atoms with Crippen LogP contribution in [0.25, 0.3) is 0 Å². The summed E-state index contributed by atoms with van der Waals surface area (Å²) in [5.41, 5.74) is 2.30. The van der Waals surface area contributed by atoms with E-state index in [1.54, 1.807) is 24.3 Å². The van der Waals surface area contributed by atoms with Crippen LogP contribution in [0.5, 0.6) is 0 Å². The summed E-state index contributed by atoms with van der Waals surface area (Å²) in [6.07, 6.45) is 5.15. The number of anilines is 1. The smallest absolute Gasteiger partial charge is 0.338 e. The molecule has 1 aliphatic heterocycles. The number of esters is 1. The van der Waals surface area contributed by atoms with Gasteiger partial charge in [-0.3, -0.25) is 15.1 Å². The molecule has 0 spiro atoms. The summed E-state index contributed by atoms with van der Waals surface area (Å²) in [4.78, 5) is 36.0. The van der Waals surface area contributed by atoms with Gasteiger partial charge < -0.3 is 10.1 Å². The highest BCUT2D eigenvalue weighted by molar-refractivity contribution is 5.97. The highest BCUT2D eigenvalue weighted by Crippen LogP contribution is 2.23. The molecule has 0 saturated heterocycles. The van der Waals surface area contributed by atoms with Crippen LogP contribution in [-0.2, 0) is 9.53 Å². The van der Waals surface area contributed by atoms with Gasteiger partial charge in [0.25, 0.3) is 5.91 Å². The van der Waals surface area contributed by atoms with E-state index in [9.17, 15) is 14.4 Å². The van der Waals surface area contributed by atoms with Crippen LogP contribution in [0.2, 0.25) is 0 Å². The molecular formula is C21H28N4O4. The molecule has 3 amide bonds. The molecule has 1 saturated carbocycles. The number of hydrazone groups is 1. The fourth-order valence-corrected chi connectivity index (χ4v) is 3.64. The minimum absolute atomic E-state index is 0.0707. The summed E-state index contributed by atoms with van der Waals surface area (Å²) in [5.74, 6) is -0.882. The van der Waals surface area contributed by atoms with Crippen molar-refractivity contribution < 1.29 is 19.1 Å². The molecule has 2 N–H and O–H groups in total. The molecule has 2 unspecified atom stereocenters. The van der Waals surface area contributed by atoms with Crippen LogP contribution in [0, 0.1) is 5.92 Å². The van der Waals surface area contributed by atoms with Crippen molar-refractivity contribution in [2.75, 3.05) is 18.2 Å². The normalized spacial score (nSPS) is 21.3. The minimum atomic E-state index is -0.655. The predicted octanol–water partition coefficient (Wildman–Crippen LogP) is 2.83. The predicted molar refractivity (Wildman–Crippen MR) is 110 cm³/mol. The maximum absolute atomic E-state index is 12.1. The van der Waals surface area contributed by atoms with E-state index in [1.165, 1.54) is 6.42 Å². The van der Waals surface area contributed by atoms with Crippen molar-refractivity contribution in [2.24, 2.45) is 11.0 Å². The summed E-state index contributed by atoms with van der Waals surface area (Å²) in [7, 11) is 0. The number of benzene rings is 1. The lowest BCUT2D eigenvalue weighted by Gasteiger charge is -2.29. The standard InChI is InChI=1S/C21H28N4O4/c1-14-5-3-4-6-18(14)22-21(28)23-19(26)13-29-20(27)16-7-9-17(10-8-16)25-12-11-15(2)24-25/h7-10,14,18H,3-6,11-13H2,1-2H3,(H2,22,23,26,28). The van der Waals surface area contributed by atoms with Crippen molar-refractivity contribution in [3.8, 4) is 0 Å². The topological polar surface area (TPSA) is 100 Å². The number of imide groups is 1. The van der Waals surface area contributed by atoms with Gasteiger partial charge >= 0.3 is 12.0 Å². The van der Waals surface area contributed by atoms with Crippen LogP contribution in [0.4, 0.5) is 10.5 Å². The van der Waals surface area contributed by atoms with Crippen molar-refractivity contribution in [3.63, 3.8) is 0 Å². The van der Waals surface area contributed by atoms with Gasteiger partial charge in [0.15, 0.2) is 6.61 Å². The van der Waals surface area contributed by atoms with Gasteiger partial charge in [0.2, 0.25) is 0 Å². The van der Waals surface area contributed by atoms with Crippen molar-refractivity contribution in [1.29, 1.82) is 0 Å². The number of rotatable bonds is 5. The Kier molecular flexibility index (Phi) is 6.85. The molecule has 0 aromatic heterocycles. The quantitative estimate of drug-likeness (QED) is 0.741. The van der Waals surface area contributed by atoms with E-state index in [2.05, 4.69) is 22.7 Å². The Morgan fingerprint density at radius 3 is 2.55 bits per heavy atom. The van der Waals surface area contributed by atoms with Gasteiger partial charge in [0.05, 0.1) is 11.3 Å². The van der Waals surface area contributed by atoms with Gasteiger partial charge in [-0.2, -0.15) is 5.10 Å². The number of hydrogen-bond acceptors (Lipinski definition) is 6. The monoisotopic (exact) mass is 400 g/mol. The Hall–Kier alpha value is -2.90. The summed E-state index contributed by atoms with van der Waals surface area (Å²) in [6, 6.07) is 6.37. The molecule has 1 aromatic rings. The minimum Gasteiger partial charge on any atom is -0.452 e. The molecule has 1 heterocycles. The number of nitrogens with zero attached hydrogens (tertiary/aromatic N) is 2. The maximum Gasteiger partial charge on any atom is 0.338 e. The number of nitrogens with one attached hydrogen (secondary N) is 2. The molecular weight excluding hydrogens is 372 g/mol. The van der Waals surface area contributed by atoms with E-state index < -0.39 is 24.5 Å². The molecule has 0 radical (unpaired) electrons. The Morgan fingerprint density at radius 1 is 1.17 bits per heavy atom. The Labute approximate surface area is 170 Å². The molecule has 156 valence electrons. The van der Waals surface area contributed by atoms with Gasteiger partial charge in [-0.05, 0) is 49.9 Å². The van der Waals surface area contributed by atoms with Crippen LogP contribution in [0.15, 0.2) is 29.4 Å². The van der Waals surface area contributed by atoms with Gasteiger partial charge in [-0.25, -0.2) is 9.59 Å². The third-order valence-corrected chi connectivity index (χ3v) is 5.39. The first-order valence-electron chi connectivity index (χ1n) is 10.1. The maximum atomic E-state index is 12.1. The highest BCUT2D eigenvalue weighted by Gasteiger charge is 2.23. The first-order chi connectivity index (χ1) is 13.9. The third-order valence-electron chi connectivity index (χ3n) is 5.39. The molecule has 29 heavy (non-hydrogen) atoms. The molecule has 1 aromatic carbocycles. The van der Waals surface area contributed by atoms with E-state index in [0.717, 1.165) is 43.6 Å². The van der Waals surface area contributed by atoms with Gasteiger partial charge in [0.1, 0.15) is 0 Å². The molecule has 8 nitrogen and oxygen atoms in total. The van der Waals surface area contributed by atoms with Crippen molar-refractivity contribution in [1.82, 2.24) is 10.6 Å². The average molecular weight is 400 g/mol. The van der Waals surface area contributed by atoms with Gasteiger partial charge in [-0.1, -0.05) is 19.8 Å². The number of carbonyl (C=O) groups is 3. The van der Waals surface area contributed by atoms with Crippen molar-refractivity contribution in [2.45, 2.75) is 52.0 Å². The second-order valence-corrected chi connectivity index (χ2v) is 7.72. The van der Waals surface area contributed by atoms with Crippen LogP contribution < -0.4 is 15.6 Å². The Bertz CT molecular complexity index is 790. The van der Waals surface area contributed by atoms with E-state index in [4.69, 9.17) is 4.74 Å². The van der Waals surface area contributed by atoms with Crippen LogP contribution >= 0.6 is 0 Å². The van der Waals surface area contributed by atoms with Crippen LogP contribution in [-0.4, -0.2) is 42.8 Å². The molecule has 2 atom stereocenters. The zero-order chi connectivity index (χ0) is 20.8. The zero-order valence-electron chi connectivity index (χ0n) is 16.9. The van der Waals surface area contributed by atoms with E-state index >= 15 is 0 Å². The SMILES string of the molecule is CC1=NN(c2ccc(C(=O)OCC(=O)NC(=O)NC3CCCCC3C)cc2)CC1. The van der Waals surface area contributed by atoms with Crippen LogP contribution in [0.1, 0.15) is 56.3 Å². The molecule has 3 rings (SSSR count). The molecule has 1 fully saturated rings. The Balaban J connectivity index is 1.42. The lowest BCUT2D eigenvalue weighted by molar-refractivity contribution is -0.123. The largest absolute Gasteiger partial charge is 0.452 e. The van der Waals surface area contributed by atoms with E-state index in [1.807, 2.05) is 11.9 Å². The lowest BCUT2D eigenvalue weighted by Crippen LogP contribution is -2.48. The number of ether oxygens (including phenoxy) is 1. The Morgan fingerprint density at radius 2 is 1.90 bits per heavy atom. The molecule has 1 aliphatic carbocycles. The second kappa shape index (κ2) is 9.54. The number of urea groups is 1. The average Bonchev–Trinajstić information content (AvgIpc) is 3.14. The fraction of sp³-hybridized carbons (Fsp3) is 0.524. The van der Waals surface area contributed by atoms with Crippen molar-refractivity contribution in [3.05, 3.63) is 29.8 Å². The zero-order valence-corrected chi connectivity index (χ0v) is 16.9. The van der Waals surface area contributed by atoms with Crippen molar-refractivity contribution >= 4 is 29.3 Å².